The van der Waals surface area contributed by atoms with Crippen LogP contribution in [0.5, 0.6) is 0 Å². The highest BCUT2D eigenvalue weighted by Gasteiger charge is 2.36. The summed E-state index contributed by atoms with van der Waals surface area (Å²) in [5.74, 6) is -0.0824. The van der Waals surface area contributed by atoms with Crippen molar-refractivity contribution in [3.05, 3.63) is 53.3 Å². The Balaban J connectivity index is 1.85. The maximum atomic E-state index is 12.6. The average molecular weight is 337 g/mol. The molecule has 130 valence electrons. The number of carbonyl (C=O) groups excluding carboxylic acids is 2. The number of hydrogen-bond donors (Lipinski definition) is 2. The molecule has 1 aliphatic heterocycles. The number of benzene rings is 1. The van der Waals surface area contributed by atoms with Gasteiger partial charge in [0, 0.05) is 29.3 Å². The summed E-state index contributed by atoms with van der Waals surface area (Å²) in [6, 6.07) is 7.36. The van der Waals surface area contributed by atoms with Gasteiger partial charge in [0.25, 0.3) is 5.91 Å². The van der Waals surface area contributed by atoms with E-state index in [-0.39, 0.29) is 11.8 Å². The Bertz CT molecular complexity index is 831. The molecule has 25 heavy (non-hydrogen) atoms. The van der Waals surface area contributed by atoms with Crippen molar-refractivity contribution in [3.8, 4) is 0 Å². The number of aryl methyl sites for hydroxylation is 1. The van der Waals surface area contributed by atoms with E-state index >= 15 is 0 Å². The van der Waals surface area contributed by atoms with Crippen molar-refractivity contribution < 1.29 is 9.59 Å². The van der Waals surface area contributed by atoms with Gasteiger partial charge in [-0.1, -0.05) is 20.8 Å². The van der Waals surface area contributed by atoms with Gasteiger partial charge in [-0.3, -0.25) is 14.6 Å². The molecular formula is C20H23N3O2. The lowest BCUT2D eigenvalue weighted by Gasteiger charge is -2.33. The van der Waals surface area contributed by atoms with Gasteiger partial charge in [-0.2, -0.15) is 0 Å². The molecule has 0 fully saturated rings. The molecule has 1 atom stereocenters. The number of amides is 2. The van der Waals surface area contributed by atoms with E-state index in [0.717, 1.165) is 35.3 Å². The minimum absolute atomic E-state index is 0.0589. The first-order valence-corrected chi connectivity index (χ1v) is 8.65. The smallest absolute Gasteiger partial charge is 0.256 e. The lowest BCUT2D eigenvalue weighted by molar-refractivity contribution is -0.125. The molecule has 1 aliphatic rings. The van der Waals surface area contributed by atoms with Crippen LogP contribution in [0.3, 0.4) is 0 Å². The molecule has 2 aromatic rings. The van der Waals surface area contributed by atoms with Crippen molar-refractivity contribution in [2.24, 2.45) is 5.41 Å². The Labute approximate surface area is 147 Å². The number of nitrogens with one attached hydrogen (secondary N) is 2. The standard InChI is InChI=1S/C20H23N3O2/c1-4-13-12-21-9-8-16(13)18(24)22-15-6-7-17-14(10-15)11-20(3,5-2)19(25)23-17/h6-10,12H,4-5,11H2,1-3H3,(H,22,24)(H,23,25). The van der Waals surface area contributed by atoms with Gasteiger partial charge in [-0.05, 0) is 54.7 Å². The molecule has 0 saturated carbocycles. The fraction of sp³-hybridized carbons (Fsp3) is 0.350. The van der Waals surface area contributed by atoms with Crippen LogP contribution in [0.1, 0.15) is 48.7 Å². The number of carbonyl (C=O) groups is 2. The number of anilines is 2. The Hall–Kier alpha value is -2.69. The van der Waals surface area contributed by atoms with Crippen LogP contribution in [-0.2, 0) is 17.6 Å². The molecule has 0 saturated heterocycles. The molecule has 5 heteroatoms. The molecule has 3 rings (SSSR count). The van der Waals surface area contributed by atoms with Crippen LogP contribution in [-0.4, -0.2) is 16.8 Å². The summed E-state index contributed by atoms with van der Waals surface area (Å²) in [5, 5.41) is 5.93. The molecule has 0 bridgehead atoms. The predicted octanol–water partition coefficient (Wildman–Crippen LogP) is 3.81. The molecule has 2 amide bonds. The molecule has 1 aromatic heterocycles. The molecule has 0 aliphatic carbocycles. The summed E-state index contributed by atoms with van der Waals surface area (Å²) in [4.78, 5) is 28.9. The van der Waals surface area contributed by atoms with Crippen molar-refractivity contribution in [3.63, 3.8) is 0 Å². The lowest BCUT2D eigenvalue weighted by Crippen LogP contribution is -2.39. The van der Waals surface area contributed by atoms with Crippen molar-refractivity contribution in [2.75, 3.05) is 10.6 Å². The Morgan fingerprint density at radius 3 is 2.84 bits per heavy atom. The van der Waals surface area contributed by atoms with Crippen LogP contribution in [0.2, 0.25) is 0 Å². The van der Waals surface area contributed by atoms with E-state index in [4.69, 9.17) is 0 Å². The summed E-state index contributed by atoms with van der Waals surface area (Å²) in [5.41, 5.74) is 3.76. The van der Waals surface area contributed by atoms with Gasteiger partial charge in [0.1, 0.15) is 0 Å². The number of hydrogen-bond acceptors (Lipinski definition) is 3. The zero-order valence-corrected chi connectivity index (χ0v) is 14.8. The number of rotatable bonds is 4. The first-order chi connectivity index (χ1) is 12.0. The zero-order chi connectivity index (χ0) is 18.0. The second kappa shape index (κ2) is 6.67. The van der Waals surface area contributed by atoms with Crippen LogP contribution in [0, 0.1) is 5.41 Å². The van der Waals surface area contributed by atoms with Crippen LogP contribution < -0.4 is 10.6 Å². The second-order valence-corrected chi connectivity index (χ2v) is 6.76. The van der Waals surface area contributed by atoms with Crippen LogP contribution in [0.15, 0.2) is 36.7 Å². The van der Waals surface area contributed by atoms with E-state index in [1.165, 1.54) is 0 Å². The molecule has 1 aromatic carbocycles. The second-order valence-electron chi connectivity index (χ2n) is 6.76. The van der Waals surface area contributed by atoms with E-state index in [0.29, 0.717) is 12.0 Å². The highest BCUT2D eigenvalue weighted by atomic mass is 16.2. The molecule has 5 nitrogen and oxygen atoms in total. The molecule has 0 radical (unpaired) electrons. The van der Waals surface area contributed by atoms with Gasteiger partial charge in [-0.25, -0.2) is 0 Å². The zero-order valence-electron chi connectivity index (χ0n) is 14.8. The van der Waals surface area contributed by atoms with Gasteiger partial charge in [0.15, 0.2) is 0 Å². The molecular weight excluding hydrogens is 314 g/mol. The van der Waals surface area contributed by atoms with Gasteiger partial charge in [-0.15, -0.1) is 0 Å². The van der Waals surface area contributed by atoms with E-state index in [9.17, 15) is 9.59 Å². The van der Waals surface area contributed by atoms with E-state index in [2.05, 4.69) is 15.6 Å². The third-order valence-corrected chi connectivity index (χ3v) is 5.05. The van der Waals surface area contributed by atoms with Gasteiger partial charge < -0.3 is 10.6 Å². The highest BCUT2D eigenvalue weighted by Crippen LogP contribution is 2.37. The Morgan fingerprint density at radius 2 is 2.12 bits per heavy atom. The molecule has 1 unspecified atom stereocenters. The molecule has 2 N–H and O–H groups in total. The van der Waals surface area contributed by atoms with Crippen molar-refractivity contribution in [1.29, 1.82) is 0 Å². The fourth-order valence-corrected chi connectivity index (χ4v) is 3.13. The van der Waals surface area contributed by atoms with Crippen LogP contribution in [0.25, 0.3) is 0 Å². The Morgan fingerprint density at radius 1 is 1.32 bits per heavy atom. The summed E-state index contributed by atoms with van der Waals surface area (Å²) in [7, 11) is 0. The van der Waals surface area contributed by atoms with E-state index in [1.54, 1.807) is 18.5 Å². The highest BCUT2D eigenvalue weighted by molar-refractivity contribution is 6.05. The summed E-state index contributed by atoms with van der Waals surface area (Å²) in [6.45, 7) is 5.99. The van der Waals surface area contributed by atoms with E-state index < -0.39 is 5.41 Å². The third kappa shape index (κ3) is 3.27. The monoisotopic (exact) mass is 337 g/mol. The van der Waals surface area contributed by atoms with Gasteiger partial charge in [0.05, 0.1) is 5.41 Å². The first kappa shape index (κ1) is 17.1. The number of pyridine rings is 1. The maximum absolute atomic E-state index is 12.6. The maximum Gasteiger partial charge on any atom is 0.256 e. The largest absolute Gasteiger partial charge is 0.325 e. The van der Waals surface area contributed by atoms with Crippen molar-refractivity contribution in [1.82, 2.24) is 4.98 Å². The van der Waals surface area contributed by atoms with Gasteiger partial charge >= 0.3 is 0 Å². The van der Waals surface area contributed by atoms with Crippen molar-refractivity contribution >= 4 is 23.2 Å². The topological polar surface area (TPSA) is 71.1 Å². The summed E-state index contributed by atoms with van der Waals surface area (Å²) >= 11 is 0. The number of nitrogens with zero attached hydrogens (tertiary/aromatic N) is 1. The molecule has 2 heterocycles. The third-order valence-electron chi connectivity index (χ3n) is 5.05. The molecule has 0 spiro atoms. The normalized spacial score (nSPS) is 19.1. The van der Waals surface area contributed by atoms with Gasteiger partial charge in [0.2, 0.25) is 5.91 Å². The number of fused-ring (bicyclic) bond motifs is 1. The van der Waals surface area contributed by atoms with Crippen molar-refractivity contribution in [2.45, 2.75) is 40.0 Å². The SMILES string of the molecule is CCc1cnccc1C(=O)Nc1ccc2c(c1)CC(C)(CC)C(=O)N2. The summed E-state index contributed by atoms with van der Waals surface area (Å²) in [6.07, 6.45) is 5.55. The number of aromatic nitrogens is 1. The fourth-order valence-electron chi connectivity index (χ4n) is 3.13. The van der Waals surface area contributed by atoms with Crippen LogP contribution >= 0.6 is 0 Å². The van der Waals surface area contributed by atoms with E-state index in [1.807, 2.05) is 39.0 Å². The Kier molecular flexibility index (Phi) is 4.57. The average Bonchev–Trinajstić information content (AvgIpc) is 2.62. The predicted molar refractivity (Wildman–Crippen MR) is 98.7 cm³/mol. The minimum atomic E-state index is -0.407. The lowest BCUT2D eigenvalue weighted by atomic mass is 9.77. The first-order valence-electron chi connectivity index (χ1n) is 8.65. The van der Waals surface area contributed by atoms with Crippen LogP contribution in [0.4, 0.5) is 11.4 Å². The summed E-state index contributed by atoms with van der Waals surface area (Å²) < 4.78 is 0. The minimum Gasteiger partial charge on any atom is -0.325 e. The quantitative estimate of drug-likeness (QED) is 0.891.